The van der Waals surface area contributed by atoms with Gasteiger partial charge in [-0.05, 0) is 18.1 Å². The second-order valence-electron chi connectivity index (χ2n) is 4.73. The average Bonchev–Trinajstić information content (AvgIpc) is 2.49. The predicted molar refractivity (Wildman–Crippen MR) is 78.6 cm³/mol. The second-order valence-corrected chi connectivity index (χ2v) is 4.73. The zero-order valence-corrected chi connectivity index (χ0v) is 12.0. The van der Waals surface area contributed by atoms with E-state index in [9.17, 15) is 9.59 Å². The van der Waals surface area contributed by atoms with Gasteiger partial charge in [0.15, 0.2) is 0 Å². The molecule has 110 valence electrons. The molecule has 0 saturated heterocycles. The molecule has 0 spiro atoms. The largest absolute Gasteiger partial charge is 0.350 e. The van der Waals surface area contributed by atoms with Crippen molar-refractivity contribution in [2.45, 2.75) is 32.9 Å². The van der Waals surface area contributed by atoms with Crippen LogP contribution in [0.25, 0.3) is 0 Å². The van der Waals surface area contributed by atoms with Crippen LogP contribution in [-0.4, -0.2) is 20.4 Å². The highest BCUT2D eigenvalue weighted by Crippen LogP contribution is 1.96. The number of carbonyl (C=O) groups is 1. The van der Waals surface area contributed by atoms with Crippen LogP contribution < -0.4 is 10.9 Å². The Bertz CT molecular complexity index is 652. The molecule has 0 aliphatic heterocycles. The first kappa shape index (κ1) is 14.9. The first-order chi connectivity index (χ1) is 10.2. The van der Waals surface area contributed by atoms with Crippen LogP contribution in [0.1, 0.15) is 24.6 Å². The van der Waals surface area contributed by atoms with Crippen molar-refractivity contribution in [2.75, 3.05) is 0 Å². The van der Waals surface area contributed by atoms with E-state index in [-0.39, 0.29) is 18.0 Å². The Morgan fingerprint density at radius 2 is 2.29 bits per heavy atom. The van der Waals surface area contributed by atoms with Gasteiger partial charge in [0, 0.05) is 30.7 Å². The maximum atomic E-state index is 11.9. The third-order valence-corrected chi connectivity index (χ3v) is 2.97. The highest BCUT2D eigenvalue weighted by molar-refractivity contribution is 5.75. The Morgan fingerprint density at radius 1 is 1.43 bits per heavy atom. The van der Waals surface area contributed by atoms with Crippen molar-refractivity contribution in [1.82, 2.24) is 19.9 Å². The van der Waals surface area contributed by atoms with E-state index < -0.39 is 0 Å². The van der Waals surface area contributed by atoms with Crippen molar-refractivity contribution in [2.24, 2.45) is 0 Å². The van der Waals surface area contributed by atoms with E-state index in [2.05, 4.69) is 15.3 Å². The topological polar surface area (TPSA) is 76.9 Å². The molecule has 2 aromatic rings. The van der Waals surface area contributed by atoms with Crippen LogP contribution in [0.4, 0.5) is 0 Å². The van der Waals surface area contributed by atoms with E-state index in [4.69, 9.17) is 0 Å². The summed E-state index contributed by atoms with van der Waals surface area (Å²) >= 11 is 0. The number of nitrogens with zero attached hydrogens (tertiary/aromatic N) is 3. The maximum absolute atomic E-state index is 11.9. The highest BCUT2D eigenvalue weighted by Gasteiger charge is 2.05. The molecule has 21 heavy (non-hydrogen) atoms. The van der Waals surface area contributed by atoms with Gasteiger partial charge in [0.25, 0.3) is 5.56 Å². The molecular weight excluding hydrogens is 268 g/mol. The summed E-state index contributed by atoms with van der Waals surface area (Å²) in [5, 5.41) is 2.75. The van der Waals surface area contributed by atoms with Crippen LogP contribution in [0.2, 0.25) is 0 Å². The number of hydrogen-bond acceptors (Lipinski definition) is 4. The van der Waals surface area contributed by atoms with Gasteiger partial charge in [0.05, 0.1) is 6.33 Å². The van der Waals surface area contributed by atoms with Crippen molar-refractivity contribution in [3.05, 3.63) is 58.5 Å². The molecule has 6 heteroatoms. The lowest BCUT2D eigenvalue weighted by molar-refractivity contribution is -0.121. The summed E-state index contributed by atoms with van der Waals surface area (Å²) in [7, 11) is 0. The minimum Gasteiger partial charge on any atom is -0.350 e. The first-order valence-electron chi connectivity index (χ1n) is 6.90. The minimum absolute atomic E-state index is 0.0293. The smallest absolute Gasteiger partial charge is 0.253 e. The van der Waals surface area contributed by atoms with Crippen LogP contribution >= 0.6 is 0 Å². The number of carbonyl (C=O) groups excluding carboxylic acids is 1. The molecule has 2 aromatic heterocycles. The van der Waals surface area contributed by atoms with Gasteiger partial charge in [-0.25, -0.2) is 4.98 Å². The Labute approximate surface area is 122 Å². The lowest BCUT2D eigenvalue weighted by Gasteiger charge is -2.07. The summed E-state index contributed by atoms with van der Waals surface area (Å²) in [4.78, 5) is 31.8. The van der Waals surface area contributed by atoms with Gasteiger partial charge in [-0.3, -0.25) is 19.1 Å². The van der Waals surface area contributed by atoms with E-state index >= 15 is 0 Å². The monoisotopic (exact) mass is 286 g/mol. The molecule has 0 saturated carbocycles. The molecule has 6 nitrogen and oxygen atoms in total. The predicted octanol–water partition coefficient (Wildman–Crippen LogP) is 0.907. The van der Waals surface area contributed by atoms with Crippen molar-refractivity contribution in [3.63, 3.8) is 0 Å². The molecule has 1 amide bonds. The third kappa shape index (κ3) is 4.52. The third-order valence-electron chi connectivity index (χ3n) is 2.97. The Kier molecular flexibility index (Phi) is 5.20. The van der Waals surface area contributed by atoms with Gasteiger partial charge in [0.2, 0.25) is 5.91 Å². The minimum atomic E-state index is -0.231. The van der Waals surface area contributed by atoms with Gasteiger partial charge < -0.3 is 5.32 Å². The molecule has 2 heterocycles. The highest BCUT2D eigenvalue weighted by atomic mass is 16.2. The van der Waals surface area contributed by atoms with Crippen molar-refractivity contribution in [3.8, 4) is 0 Å². The average molecular weight is 286 g/mol. The molecular formula is C15H18N4O2. The number of aryl methyl sites for hydroxylation is 1. The number of aromatic nitrogens is 3. The normalized spacial score (nSPS) is 10.3. The molecule has 0 unspecified atom stereocenters. The molecule has 0 fully saturated rings. The molecule has 2 rings (SSSR count). The van der Waals surface area contributed by atoms with Crippen molar-refractivity contribution >= 4 is 5.91 Å². The molecule has 0 aliphatic carbocycles. The number of amides is 1. The summed E-state index contributed by atoms with van der Waals surface area (Å²) in [6.45, 7) is 2.39. The fourth-order valence-electron chi connectivity index (χ4n) is 1.89. The Morgan fingerprint density at radius 3 is 2.95 bits per heavy atom. The van der Waals surface area contributed by atoms with E-state index in [1.165, 1.54) is 17.0 Å². The Hall–Kier alpha value is -2.50. The van der Waals surface area contributed by atoms with Crippen LogP contribution in [-0.2, 0) is 24.3 Å². The summed E-state index contributed by atoms with van der Waals surface area (Å²) < 4.78 is 1.30. The van der Waals surface area contributed by atoms with E-state index in [1.807, 2.05) is 19.1 Å². The quantitative estimate of drug-likeness (QED) is 0.856. The summed E-state index contributed by atoms with van der Waals surface area (Å²) in [6, 6.07) is 5.17. The summed E-state index contributed by atoms with van der Waals surface area (Å²) in [6.07, 6.45) is 6.49. The molecule has 0 aliphatic rings. The van der Waals surface area contributed by atoms with Gasteiger partial charge in [-0.2, -0.15) is 0 Å². The van der Waals surface area contributed by atoms with Gasteiger partial charge in [-0.1, -0.05) is 19.4 Å². The molecule has 0 aromatic carbocycles. The van der Waals surface area contributed by atoms with E-state index in [0.29, 0.717) is 6.54 Å². The zero-order chi connectivity index (χ0) is 15.1. The van der Waals surface area contributed by atoms with Gasteiger partial charge >= 0.3 is 0 Å². The number of rotatable bonds is 6. The van der Waals surface area contributed by atoms with Crippen LogP contribution in [0.5, 0.6) is 0 Å². The van der Waals surface area contributed by atoms with Crippen molar-refractivity contribution < 1.29 is 4.79 Å². The van der Waals surface area contributed by atoms with Crippen LogP contribution in [0, 0.1) is 0 Å². The second kappa shape index (κ2) is 7.33. The molecule has 0 bridgehead atoms. The summed E-state index contributed by atoms with van der Waals surface area (Å²) in [5.74, 6) is -0.231. The standard InChI is InChI=1S/C15H18N4O2/c1-2-4-13-7-15(21)19(11-18-13)10-14(20)17-9-12-5-3-6-16-8-12/h3,5-8,11H,2,4,9-10H2,1H3,(H,17,20). The van der Waals surface area contributed by atoms with Crippen LogP contribution in [0.3, 0.4) is 0 Å². The van der Waals surface area contributed by atoms with Crippen LogP contribution in [0.15, 0.2) is 41.7 Å². The maximum Gasteiger partial charge on any atom is 0.253 e. The van der Waals surface area contributed by atoms with Crippen molar-refractivity contribution in [1.29, 1.82) is 0 Å². The number of nitrogens with one attached hydrogen (secondary N) is 1. The Balaban J connectivity index is 1.92. The van der Waals surface area contributed by atoms with Gasteiger partial charge in [0.1, 0.15) is 6.54 Å². The SMILES string of the molecule is CCCc1cc(=O)n(CC(=O)NCc2cccnc2)cn1. The molecule has 1 N–H and O–H groups in total. The first-order valence-corrected chi connectivity index (χ1v) is 6.90. The zero-order valence-electron chi connectivity index (χ0n) is 12.0. The number of pyridine rings is 1. The van der Waals surface area contributed by atoms with E-state index in [0.717, 1.165) is 24.1 Å². The molecule has 0 atom stereocenters. The fourth-order valence-corrected chi connectivity index (χ4v) is 1.89. The molecule has 0 radical (unpaired) electrons. The fraction of sp³-hybridized carbons (Fsp3) is 0.333. The lowest BCUT2D eigenvalue weighted by Crippen LogP contribution is -2.32. The van der Waals surface area contributed by atoms with Gasteiger partial charge in [-0.15, -0.1) is 0 Å². The summed E-state index contributed by atoms with van der Waals surface area (Å²) in [5.41, 5.74) is 1.47. The lowest BCUT2D eigenvalue weighted by atomic mass is 10.2. The van der Waals surface area contributed by atoms with E-state index in [1.54, 1.807) is 12.4 Å². The number of hydrogen-bond donors (Lipinski definition) is 1.